The molecule has 5 atom stereocenters. The van der Waals surface area contributed by atoms with Crippen LogP contribution in [0.4, 0.5) is 0 Å². The van der Waals surface area contributed by atoms with Crippen LogP contribution in [0.15, 0.2) is 36.4 Å². The summed E-state index contributed by atoms with van der Waals surface area (Å²) in [6.07, 6.45) is 13.7. The van der Waals surface area contributed by atoms with Crippen LogP contribution in [-0.4, -0.2) is 34.5 Å². The first-order valence-electron chi connectivity index (χ1n) is 10.5. The molecular weight excluding hydrogens is 340 g/mol. The molecule has 27 heavy (non-hydrogen) atoms. The number of carboxylic acid groups (broad SMARTS) is 1. The van der Waals surface area contributed by atoms with Crippen molar-refractivity contribution in [3.8, 4) is 0 Å². The minimum absolute atomic E-state index is 0.307. The van der Waals surface area contributed by atoms with Gasteiger partial charge in [-0.15, -0.1) is 0 Å². The number of ether oxygens (including phenoxy) is 1. The van der Waals surface area contributed by atoms with E-state index in [1.165, 1.54) is 18.4 Å². The summed E-state index contributed by atoms with van der Waals surface area (Å²) in [7, 11) is 0. The molecule has 2 aliphatic heterocycles. The lowest BCUT2D eigenvalue weighted by Gasteiger charge is -2.26. The van der Waals surface area contributed by atoms with Crippen LogP contribution in [0.25, 0.3) is 0 Å². The van der Waals surface area contributed by atoms with Crippen molar-refractivity contribution in [2.75, 3.05) is 0 Å². The van der Waals surface area contributed by atoms with Crippen molar-refractivity contribution < 1.29 is 19.7 Å². The Labute approximate surface area is 161 Å². The average Bonchev–Trinajstić information content (AvgIpc) is 3.42. The van der Waals surface area contributed by atoms with Crippen LogP contribution in [0.3, 0.4) is 0 Å². The molecule has 4 nitrogen and oxygen atoms in total. The summed E-state index contributed by atoms with van der Waals surface area (Å²) < 4.78 is 6.18. The third-order valence-corrected chi connectivity index (χ3v) is 6.87. The smallest absolute Gasteiger partial charge is 0.335 e. The van der Waals surface area contributed by atoms with E-state index < -0.39 is 5.97 Å². The maximum Gasteiger partial charge on any atom is 0.335 e. The van der Waals surface area contributed by atoms with Gasteiger partial charge in [-0.1, -0.05) is 37.1 Å². The minimum atomic E-state index is -0.880. The Morgan fingerprint density at radius 2 is 1.81 bits per heavy atom. The number of fused-ring (bicyclic) bond motifs is 2. The van der Waals surface area contributed by atoms with E-state index in [2.05, 4.69) is 6.08 Å². The number of rotatable bonds is 7. The SMILES string of the molecule is O=C(O)c1ccc(CC[C@H]2[C@H](C=CC(O)C3CCCC3)[C@@H]3CC[C@H]2O3)cc1. The molecule has 2 heterocycles. The second-order valence-electron chi connectivity index (χ2n) is 8.49. The number of aliphatic hydroxyl groups is 1. The fourth-order valence-corrected chi connectivity index (χ4v) is 5.30. The standard InChI is InChI=1S/C23H30O4/c24-20(16-3-1-2-4-16)12-11-19-18(21-13-14-22(19)27-21)10-7-15-5-8-17(9-6-15)23(25)26/h5-6,8-9,11-12,16,18-22,24H,1-4,7,10,13-14H2,(H,25,26)/t18-,19-,20?,21+,22-/m0/s1. The van der Waals surface area contributed by atoms with Crippen LogP contribution in [-0.2, 0) is 11.2 Å². The van der Waals surface area contributed by atoms with Crippen molar-refractivity contribution in [1.29, 1.82) is 0 Å². The van der Waals surface area contributed by atoms with E-state index in [4.69, 9.17) is 9.84 Å². The van der Waals surface area contributed by atoms with E-state index in [0.29, 0.717) is 35.5 Å². The van der Waals surface area contributed by atoms with E-state index in [9.17, 15) is 9.90 Å². The molecule has 0 radical (unpaired) electrons. The molecule has 2 N–H and O–H groups in total. The van der Waals surface area contributed by atoms with Crippen molar-refractivity contribution in [3.63, 3.8) is 0 Å². The van der Waals surface area contributed by atoms with Gasteiger partial charge in [0, 0.05) is 5.92 Å². The van der Waals surface area contributed by atoms with Gasteiger partial charge >= 0.3 is 5.97 Å². The number of carboxylic acids is 1. The number of aryl methyl sites for hydroxylation is 1. The molecule has 0 amide bonds. The lowest BCUT2D eigenvalue weighted by Crippen LogP contribution is -2.27. The van der Waals surface area contributed by atoms with Crippen LogP contribution >= 0.6 is 0 Å². The van der Waals surface area contributed by atoms with Crippen LogP contribution in [0, 0.1) is 17.8 Å². The van der Waals surface area contributed by atoms with E-state index >= 15 is 0 Å². The largest absolute Gasteiger partial charge is 0.478 e. The van der Waals surface area contributed by atoms with Crippen LogP contribution in [0.2, 0.25) is 0 Å². The molecule has 2 bridgehead atoms. The van der Waals surface area contributed by atoms with Crippen LogP contribution < -0.4 is 0 Å². The van der Waals surface area contributed by atoms with Crippen molar-refractivity contribution in [2.24, 2.45) is 17.8 Å². The molecule has 4 heteroatoms. The quantitative estimate of drug-likeness (QED) is 0.705. The Balaban J connectivity index is 1.37. The number of hydrogen-bond acceptors (Lipinski definition) is 3. The van der Waals surface area contributed by atoms with Gasteiger partial charge in [0.05, 0.1) is 23.9 Å². The molecule has 146 valence electrons. The van der Waals surface area contributed by atoms with Crippen LogP contribution in [0.5, 0.6) is 0 Å². The molecule has 1 unspecified atom stereocenters. The van der Waals surface area contributed by atoms with Gasteiger partial charge in [0.1, 0.15) is 0 Å². The Kier molecular flexibility index (Phi) is 5.65. The monoisotopic (exact) mass is 370 g/mol. The molecule has 1 aliphatic carbocycles. The van der Waals surface area contributed by atoms with Gasteiger partial charge in [-0.05, 0) is 68.1 Å². The Morgan fingerprint density at radius 3 is 2.52 bits per heavy atom. The van der Waals surface area contributed by atoms with Gasteiger partial charge in [0.2, 0.25) is 0 Å². The maximum absolute atomic E-state index is 11.0. The summed E-state index contributed by atoms with van der Waals surface area (Å²) in [4.78, 5) is 11.0. The van der Waals surface area contributed by atoms with Gasteiger partial charge < -0.3 is 14.9 Å². The average molecular weight is 370 g/mol. The second-order valence-corrected chi connectivity index (χ2v) is 8.49. The van der Waals surface area contributed by atoms with Gasteiger partial charge in [-0.3, -0.25) is 0 Å². The van der Waals surface area contributed by atoms with E-state index in [1.807, 2.05) is 18.2 Å². The lowest BCUT2D eigenvalue weighted by molar-refractivity contribution is 0.0697. The first-order valence-corrected chi connectivity index (χ1v) is 10.5. The molecule has 3 aliphatic rings. The molecule has 0 aromatic heterocycles. The van der Waals surface area contributed by atoms with Gasteiger partial charge in [-0.25, -0.2) is 4.79 Å². The molecule has 1 aromatic rings. The van der Waals surface area contributed by atoms with Crippen LogP contribution in [0.1, 0.15) is 60.9 Å². The fourth-order valence-electron chi connectivity index (χ4n) is 5.30. The van der Waals surface area contributed by atoms with Gasteiger partial charge in [0.15, 0.2) is 0 Å². The zero-order valence-corrected chi connectivity index (χ0v) is 15.8. The Morgan fingerprint density at radius 1 is 1.11 bits per heavy atom. The fraction of sp³-hybridized carbons (Fsp3) is 0.609. The molecular formula is C23H30O4. The van der Waals surface area contributed by atoms with Crippen molar-refractivity contribution in [3.05, 3.63) is 47.5 Å². The van der Waals surface area contributed by atoms with Crippen molar-refractivity contribution >= 4 is 5.97 Å². The summed E-state index contributed by atoms with van der Waals surface area (Å²) in [5.41, 5.74) is 1.51. The highest BCUT2D eigenvalue weighted by atomic mass is 16.5. The number of hydrogen-bond donors (Lipinski definition) is 2. The molecule has 1 aromatic carbocycles. The maximum atomic E-state index is 11.0. The highest BCUT2D eigenvalue weighted by Gasteiger charge is 2.47. The molecule has 0 spiro atoms. The summed E-state index contributed by atoms with van der Waals surface area (Å²) in [5.74, 6) is 0.453. The molecule has 1 saturated carbocycles. The lowest BCUT2D eigenvalue weighted by atomic mass is 9.76. The zero-order valence-electron chi connectivity index (χ0n) is 15.8. The highest BCUT2D eigenvalue weighted by molar-refractivity contribution is 5.87. The number of aliphatic hydroxyl groups excluding tert-OH is 1. The first kappa shape index (κ1) is 18.7. The molecule has 2 saturated heterocycles. The normalized spacial score (nSPS) is 31.7. The summed E-state index contributed by atoms with van der Waals surface area (Å²) >= 11 is 0. The third kappa shape index (κ3) is 4.12. The minimum Gasteiger partial charge on any atom is -0.478 e. The van der Waals surface area contributed by atoms with Crippen molar-refractivity contribution in [1.82, 2.24) is 0 Å². The number of aromatic carboxylic acids is 1. The van der Waals surface area contributed by atoms with Gasteiger partial charge in [-0.2, -0.15) is 0 Å². The van der Waals surface area contributed by atoms with E-state index in [0.717, 1.165) is 38.5 Å². The third-order valence-electron chi connectivity index (χ3n) is 6.87. The van der Waals surface area contributed by atoms with E-state index in [1.54, 1.807) is 12.1 Å². The number of carbonyl (C=O) groups is 1. The Bertz CT molecular complexity index is 674. The first-order chi connectivity index (χ1) is 13.1. The molecule has 4 rings (SSSR count). The van der Waals surface area contributed by atoms with Crippen molar-refractivity contribution in [2.45, 2.75) is 69.7 Å². The topological polar surface area (TPSA) is 66.8 Å². The predicted molar refractivity (Wildman–Crippen MR) is 104 cm³/mol. The summed E-state index contributed by atoms with van der Waals surface area (Å²) in [5, 5.41) is 19.5. The summed E-state index contributed by atoms with van der Waals surface area (Å²) in [6, 6.07) is 7.22. The second kappa shape index (κ2) is 8.15. The Hall–Kier alpha value is -1.65. The number of benzene rings is 1. The predicted octanol–water partition coefficient (Wildman–Crippen LogP) is 4.22. The summed E-state index contributed by atoms with van der Waals surface area (Å²) in [6.45, 7) is 0. The zero-order chi connectivity index (χ0) is 18.8. The molecule has 3 fully saturated rings. The van der Waals surface area contributed by atoms with Gasteiger partial charge in [0.25, 0.3) is 0 Å². The highest BCUT2D eigenvalue weighted by Crippen LogP contribution is 2.46. The van der Waals surface area contributed by atoms with E-state index in [-0.39, 0.29) is 6.10 Å².